The van der Waals surface area contributed by atoms with Gasteiger partial charge in [0.2, 0.25) is 0 Å². The molecular formula is C16H36N2O3. The van der Waals surface area contributed by atoms with Gasteiger partial charge in [-0.2, -0.15) is 10.1 Å². The average molecular weight is 304 g/mol. The quantitative estimate of drug-likeness (QED) is 0.310. The van der Waals surface area contributed by atoms with Crippen LogP contribution in [0.1, 0.15) is 79.1 Å². The maximum Gasteiger partial charge on any atom is 0.0271 e. The van der Waals surface area contributed by atoms with Gasteiger partial charge in [-0.1, -0.05) is 53.4 Å². The van der Waals surface area contributed by atoms with Gasteiger partial charge in [0.1, 0.15) is 0 Å². The lowest BCUT2D eigenvalue weighted by molar-refractivity contribution is -0.631. The van der Waals surface area contributed by atoms with E-state index in [1.807, 2.05) is 10.1 Å². The summed E-state index contributed by atoms with van der Waals surface area (Å²) in [5.74, 6) is 0. The second kappa shape index (κ2) is 16.2. The molecule has 5 heteroatoms. The van der Waals surface area contributed by atoms with Gasteiger partial charge < -0.3 is 0 Å². The Morgan fingerprint density at radius 2 is 0.810 bits per heavy atom. The van der Waals surface area contributed by atoms with E-state index in [2.05, 4.69) is 27.7 Å². The summed E-state index contributed by atoms with van der Waals surface area (Å²) in [6.45, 7) is 12.2. The first-order valence-electron chi connectivity index (χ1n) is 8.79. The van der Waals surface area contributed by atoms with Crippen molar-refractivity contribution in [2.75, 3.05) is 26.2 Å². The van der Waals surface area contributed by atoms with Crippen LogP contribution >= 0.6 is 0 Å². The van der Waals surface area contributed by atoms with E-state index in [0.29, 0.717) is 0 Å². The Balaban J connectivity index is 3.96. The molecule has 0 fully saturated rings. The highest BCUT2D eigenvalue weighted by atomic mass is 17.6. The lowest BCUT2D eigenvalue weighted by Gasteiger charge is -2.22. The molecule has 0 aliphatic rings. The van der Waals surface area contributed by atoms with Gasteiger partial charge in [-0.25, -0.2) is 0 Å². The summed E-state index contributed by atoms with van der Waals surface area (Å²) in [5.41, 5.74) is 0. The van der Waals surface area contributed by atoms with Crippen molar-refractivity contribution in [3.63, 3.8) is 0 Å². The maximum absolute atomic E-state index is 5.31. The molecule has 0 aromatic rings. The highest BCUT2D eigenvalue weighted by Crippen LogP contribution is 2.04. The molecule has 0 radical (unpaired) electrons. The van der Waals surface area contributed by atoms with E-state index in [9.17, 15) is 0 Å². The van der Waals surface area contributed by atoms with Gasteiger partial charge in [0, 0.05) is 26.2 Å². The first-order valence-corrected chi connectivity index (χ1v) is 8.79. The first-order chi connectivity index (χ1) is 10.3. The largest absolute Gasteiger partial charge is 0.154 e. The second-order valence-corrected chi connectivity index (χ2v) is 5.49. The van der Waals surface area contributed by atoms with Crippen LogP contribution in [0.4, 0.5) is 0 Å². The Morgan fingerprint density at radius 3 is 1.05 bits per heavy atom. The summed E-state index contributed by atoms with van der Waals surface area (Å²) in [6.07, 6.45) is 8.98. The van der Waals surface area contributed by atoms with E-state index >= 15 is 0 Å². The van der Waals surface area contributed by atoms with Crippen molar-refractivity contribution >= 4 is 0 Å². The zero-order chi connectivity index (χ0) is 15.8. The van der Waals surface area contributed by atoms with Crippen LogP contribution in [0.25, 0.3) is 0 Å². The normalized spacial score (nSPS) is 11.7. The predicted molar refractivity (Wildman–Crippen MR) is 86.0 cm³/mol. The van der Waals surface area contributed by atoms with Crippen molar-refractivity contribution in [2.24, 2.45) is 0 Å². The Bertz CT molecular complexity index is 170. The topological polar surface area (TPSA) is 34.2 Å². The predicted octanol–water partition coefficient (Wildman–Crippen LogP) is 4.50. The standard InChI is InChI=1S/C16H36N2O3/c1-5-9-13-17(14-10-6-2)19-21-20-18(15-11-7-3)16-12-8-4/h5-16H2,1-4H3. The van der Waals surface area contributed by atoms with E-state index < -0.39 is 0 Å². The van der Waals surface area contributed by atoms with Crippen LogP contribution in [0.5, 0.6) is 0 Å². The molecule has 0 N–H and O–H groups in total. The minimum absolute atomic E-state index is 0.879. The zero-order valence-corrected chi connectivity index (χ0v) is 14.6. The molecule has 0 heterocycles. The van der Waals surface area contributed by atoms with Crippen molar-refractivity contribution in [1.29, 1.82) is 0 Å². The molecule has 0 amide bonds. The molecule has 0 bridgehead atoms. The van der Waals surface area contributed by atoms with E-state index in [1.165, 1.54) is 0 Å². The molecule has 0 aromatic heterocycles. The smallest absolute Gasteiger partial charge is 0.0271 e. The lowest BCUT2D eigenvalue weighted by Crippen LogP contribution is -2.31. The number of hydrogen-bond acceptors (Lipinski definition) is 5. The summed E-state index contributed by atoms with van der Waals surface area (Å²) in [6, 6.07) is 0. The third kappa shape index (κ3) is 13.2. The SMILES string of the molecule is CCCCN(CCCC)OOON(CCCC)CCCC. The summed E-state index contributed by atoms with van der Waals surface area (Å²) < 4.78 is 0. The Kier molecular flexibility index (Phi) is 16.0. The van der Waals surface area contributed by atoms with Crippen LogP contribution < -0.4 is 0 Å². The molecule has 0 rings (SSSR count). The third-order valence-electron chi connectivity index (χ3n) is 3.32. The van der Waals surface area contributed by atoms with Crippen LogP contribution in [0.15, 0.2) is 0 Å². The fraction of sp³-hybridized carbons (Fsp3) is 1.00. The van der Waals surface area contributed by atoms with Gasteiger partial charge in [-0.3, -0.25) is 0 Å². The molecule has 0 aliphatic heterocycles. The molecule has 128 valence electrons. The minimum atomic E-state index is 0.879. The molecule has 0 saturated carbocycles. The Morgan fingerprint density at radius 1 is 0.524 bits per heavy atom. The molecule has 5 nitrogen and oxygen atoms in total. The van der Waals surface area contributed by atoms with Crippen LogP contribution in [0.3, 0.4) is 0 Å². The molecular weight excluding hydrogens is 268 g/mol. The molecule has 0 aliphatic carbocycles. The lowest BCUT2D eigenvalue weighted by atomic mass is 10.3. The second-order valence-electron chi connectivity index (χ2n) is 5.49. The minimum Gasteiger partial charge on any atom is -0.154 e. The van der Waals surface area contributed by atoms with Crippen molar-refractivity contribution in [1.82, 2.24) is 10.1 Å². The van der Waals surface area contributed by atoms with E-state index in [0.717, 1.165) is 77.5 Å². The maximum atomic E-state index is 5.31. The molecule has 0 spiro atoms. The van der Waals surface area contributed by atoms with Crippen LogP contribution in [0, 0.1) is 0 Å². The number of nitrogens with zero attached hydrogens (tertiary/aromatic N) is 2. The monoisotopic (exact) mass is 304 g/mol. The van der Waals surface area contributed by atoms with Crippen molar-refractivity contribution < 1.29 is 15.0 Å². The van der Waals surface area contributed by atoms with Crippen LogP contribution in [-0.2, 0) is 15.0 Å². The molecule has 21 heavy (non-hydrogen) atoms. The molecule has 0 atom stereocenters. The van der Waals surface area contributed by atoms with E-state index in [4.69, 9.17) is 15.0 Å². The summed E-state index contributed by atoms with van der Waals surface area (Å²) >= 11 is 0. The molecule has 0 unspecified atom stereocenters. The Labute approximate surface area is 131 Å². The fourth-order valence-corrected chi connectivity index (χ4v) is 1.81. The molecule has 0 saturated heterocycles. The van der Waals surface area contributed by atoms with Gasteiger partial charge in [-0.15, -0.1) is 9.98 Å². The van der Waals surface area contributed by atoms with Crippen molar-refractivity contribution in [2.45, 2.75) is 79.1 Å². The van der Waals surface area contributed by atoms with E-state index in [-0.39, 0.29) is 0 Å². The van der Waals surface area contributed by atoms with Gasteiger partial charge in [0.25, 0.3) is 0 Å². The first kappa shape index (κ1) is 20.8. The number of unbranched alkanes of at least 4 members (excludes halogenated alkanes) is 4. The zero-order valence-electron chi connectivity index (χ0n) is 14.6. The number of hydrogen-bond donors (Lipinski definition) is 0. The van der Waals surface area contributed by atoms with Crippen LogP contribution in [-0.4, -0.2) is 36.3 Å². The highest BCUT2D eigenvalue weighted by Gasteiger charge is 2.10. The third-order valence-corrected chi connectivity index (χ3v) is 3.32. The fourth-order valence-electron chi connectivity index (χ4n) is 1.81. The van der Waals surface area contributed by atoms with Gasteiger partial charge >= 0.3 is 0 Å². The average Bonchev–Trinajstić information content (AvgIpc) is 2.51. The summed E-state index contributed by atoms with van der Waals surface area (Å²) in [5, 5.41) is 8.70. The highest BCUT2D eigenvalue weighted by molar-refractivity contribution is 4.46. The van der Waals surface area contributed by atoms with Crippen LogP contribution in [0.2, 0.25) is 0 Å². The van der Waals surface area contributed by atoms with Gasteiger partial charge in [-0.05, 0) is 30.7 Å². The number of rotatable bonds is 16. The van der Waals surface area contributed by atoms with Crippen molar-refractivity contribution in [3.05, 3.63) is 0 Å². The Hall–Kier alpha value is -0.200. The number of hydroxylamine groups is 4. The van der Waals surface area contributed by atoms with Gasteiger partial charge in [0.05, 0.1) is 0 Å². The molecule has 0 aromatic carbocycles. The van der Waals surface area contributed by atoms with Gasteiger partial charge in [0.15, 0.2) is 0 Å². The van der Waals surface area contributed by atoms with Crippen molar-refractivity contribution in [3.8, 4) is 0 Å². The summed E-state index contributed by atoms with van der Waals surface area (Å²) in [7, 11) is 0. The van der Waals surface area contributed by atoms with E-state index in [1.54, 1.807) is 0 Å². The summed E-state index contributed by atoms with van der Waals surface area (Å²) in [4.78, 5) is 10.6.